The summed E-state index contributed by atoms with van der Waals surface area (Å²) in [4.78, 5) is 24.1. The molecule has 37 heavy (non-hydrogen) atoms. The van der Waals surface area contributed by atoms with E-state index >= 15 is 0 Å². The molecule has 4 rings (SSSR count). The number of nitrogens with zero attached hydrogens (tertiary/aromatic N) is 3. The number of carbonyl (C=O) groups excluding carboxylic acids is 1. The summed E-state index contributed by atoms with van der Waals surface area (Å²) in [7, 11) is -2.05. The van der Waals surface area contributed by atoms with Crippen LogP contribution in [0.1, 0.15) is 47.1 Å². The van der Waals surface area contributed by atoms with E-state index in [1.807, 2.05) is 0 Å². The Labute approximate surface area is 213 Å². The molecule has 0 bridgehead atoms. The number of hydrogen-bond acceptors (Lipinski definition) is 8. The second kappa shape index (κ2) is 10.7. The van der Waals surface area contributed by atoms with Gasteiger partial charge in [-0.25, -0.2) is 22.8 Å². The van der Waals surface area contributed by atoms with E-state index in [1.54, 1.807) is 5.38 Å². The van der Waals surface area contributed by atoms with Crippen LogP contribution in [0.5, 0.6) is 0 Å². The minimum atomic E-state index is -4.72. The number of anilines is 1. The van der Waals surface area contributed by atoms with Gasteiger partial charge in [-0.15, -0.1) is 11.3 Å². The van der Waals surface area contributed by atoms with Crippen molar-refractivity contribution in [3.63, 3.8) is 0 Å². The molecule has 2 N–H and O–H groups in total. The average Bonchev–Trinajstić information content (AvgIpc) is 3.62. The van der Waals surface area contributed by atoms with Crippen LogP contribution in [-0.4, -0.2) is 48.2 Å². The number of hydrogen-bond donors (Lipinski definition) is 2. The number of ether oxygens (including phenoxy) is 1. The van der Waals surface area contributed by atoms with E-state index in [2.05, 4.69) is 25.0 Å². The van der Waals surface area contributed by atoms with Gasteiger partial charge in [0.2, 0.25) is 10.0 Å². The Bertz CT molecular complexity index is 1390. The standard InChI is InChI=1S/C22H21F4N5O4S2/c1-35-7-6-16(18-11-36-21(30-18)31-37(33,34)13-3-4-13)29-20(32)14-5-2-12(8-15(14)23)17-9-27-10-19(28-17)22(24,25)26/h2,5,8-11,13,16H,3-4,6-7H2,1H3,(H,29,32)(H,30,31). The molecule has 0 radical (unpaired) electrons. The zero-order valence-electron chi connectivity index (χ0n) is 19.3. The molecule has 9 nitrogen and oxygen atoms in total. The van der Waals surface area contributed by atoms with Gasteiger partial charge in [-0.1, -0.05) is 6.07 Å². The summed E-state index contributed by atoms with van der Waals surface area (Å²) in [6.07, 6.45) is -1.66. The number of alkyl halides is 3. The fourth-order valence-corrected chi connectivity index (χ4v) is 5.70. The number of amides is 1. The highest BCUT2D eigenvalue weighted by atomic mass is 32.2. The molecule has 3 aromatic rings. The lowest BCUT2D eigenvalue weighted by Crippen LogP contribution is -2.30. The number of sulfonamides is 1. The lowest BCUT2D eigenvalue weighted by atomic mass is 10.1. The van der Waals surface area contributed by atoms with Gasteiger partial charge in [-0.2, -0.15) is 13.2 Å². The molecule has 15 heteroatoms. The molecule has 2 aromatic heterocycles. The summed E-state index contributed by atoms with van der Waals surface area (Å²) in [5, 5.41) is 3.95. The van der Waals surface area contributed by atoms with Crippen molar-refractivity contribution < 1.29 is 35.5 Å². The summed E-state index contributed by atoms with van der Waals surface area (Å²) in [6.45, 7) is 0.223. The Hall–Kier alpha value is -3.17. The zero-order chi connectivity index (χ0) is 26.8. The first-order chi connectivity index (χ1) is 17.5. The Morgan fingerprint density at radius 1 is 1.24 bits per heavy atom. The van der Waals surface area contributed by atoms with Crippen molar-refractivity contribution in [3.05, 3.63) is 58.7 Å². The number of thiazole rings is 1. The van der Waals surface area contributed by atoms with Gasteiger partial charge in [-0.3, -0.25) is 14.5 Å². The van der Waals surface area contributed by atoms with Gasteiger partial charge in [0, 0.05) is 24.7 Å². The van der Waals surface area contributed by atoms with Crippen molar-refractivity contribution in [1.82, 2.24) is 20.3 Å². The van der Waals surface area contributed by atoms with E-state index in [4.69, 9.17) is 4.74 Å². The number of rotatable bonds is 10. The van der Waals surface area contributed by atoms with Crippen LogP contribution < -0.4 is 10.0 Å². The van der Waals surface area contributed by atoms with Crippen molar-refractivity contribution in [2.45, 2.75) is 36.7 Å². The molecule has 198 valence electrons. The van der Waals surface area contributed by atoms with Gasteiger partial charge >= 0.3 is 6.18 Å². The van der Waals surface area contributed by atoms with Gasteiger partial charge in [0.1, 0.15) is 5.82 Å². The third kappa shape index (κ3) is 6.59. The maximum Gasteiger partial charge on any atom is 0.434 e. The van der Waals surface area contributed by atoms with Crippen LogP contribution in [0.3, 0.4) is 0 Å². The molecule has 1 atom stereocenters. The molecular formula is C22H21F4N5O4S2. The normalized spacial score (nSPS) is 14.8. The summed E-state index contributed by atoms with van der Waals surface area (Å²) in [5.41, 5.74) is -1.41. The second-order valence-corrected chi connectivity index (χ2v) is 11.0. The number of benzene rings is 1. The minimum Gasteiger partial charge on any atom is -0.385 e. The Morgan fingerprint density at radius 2 is 2.00 bits per heavy atom. The third-order valence-corrected chi connectivity index (χ3v) is 8.15. The fraction of sp³-hybridized carbons (Fsp3) is 0.364. The zero-order valence-corrected chi connectivity index (χ0v) is 20.9. The van der Waals surface area contributed by atoms with Crippen molar-refractivity contribution in [1.29, 1.82) is 0 Å². The van der Waals surface area contributed by atoms with Crippen LogP contribution >= 0.6 is 11.3 Å². The first-order valence-corrected chi connectivity index (χ1v) is 13.4. The molecule has 1 aromatic carbocycles. The molecule has 0 saturated heterocycles. The largest absolute Gasteiger partial charge is 0.434 e. The predicted octanol–water partition coefficient (Wildman–Crippen LogP) is 4.17. The van der Waals surface area contributed by atoms with Crippen molar-refractivity contribution in [3.8, 4) is 11.3 Å². The van der Waals surface area contributed by atoms with Crippen LogP contribution in [0.4, 0.5) is 22.7 Å². The van der Waals surface area contributed by atoms with E-state index in [9.17, 15) is 30.8 Å². The van der Waals surface area contributed by atoms with Gasteiger partial charge in [-0.05, 0) is 31.4 Å². The fourth-order valence-electron chi connectivity index (χ4n) is 3.34. The van der Waals surface area contributed by atoms with Crippen LogP contribution in [0.2, 0.25) is 0 Å². The SMILES string of the molecule is COCCC(NC(=O)c1ccc(-c2cncc(C(F)(F)F)n2)cc1F)c1csc(NS(=O)(=O)C2CC2)n1. The molecule has 2 heterocycles. The number of methoxy groups -OCH3 is 1. The molecule has 1 aliphatic carbocycles. The highest BCUT2D eigenvalue weighted by Crippen LogP contribution is 2.32. The maximum absolute atomic E-state index is 14.9. The molecule has 1 fully saturated rings. The lowest BCUT2D eigenvalue weighted by Gasteiger charge is -2.17. The Kier molecular flexibility index (Phi) is 7.75. The van der Waals surface area contributed by atoms with Gasteiger partial charge < -0.3 is 10.1 Å². The quantitative estimate of drug-likeness (QED) is 0.358. The average molecular weight is 560 g/mol. The molecule has 1 aliphatic rings. The van der Waals surface area contributed by atoms with Gasteiger partial charge in [0.15, 0.2) is 10.8 Å². The second-order valence-electron chi connectivity index (χ2n) is 8.21. The Morgan fingerprint density at radius 3 is 2.65 bits per heavy atom. The van der Waals surface area contributed by atoms with Gasteiger partial charge in [0.25, 0.3) is 5.91 Å². The predicted molar refractivity (Wildman–Crippen MR) is 127 cm³/mol. The van der Waals surface area contributed by atoms with Gasteiger partial charge in [0.05, 0.1) is 40.6 Å². The first kappa shape index (κ1) is 26.9. The molecule has 1 unspecified atom stereocenters. The molecule has 1 amide bonds. The van der Waals surface area contributed by atoms with E-state index in [0.717, 1.165) is 29.7 Å². The van der Waals surface area contributed by atoms with Crippen LogP contribution in [-0.2, 0) is 20.9 Å². The van der Waals surface area contributed by atoms with E-state index in [-0.39, 0.29) is 35.0 Å². The van der Waals surface area contributed by atoms with E-state index in [1.165, 1.54) is 13.2 Å². The van der Waals surface area contributed by atoms with Crippen molar-refractivity contribution in [2.75, 3.05) is 18.4 Å². The highest BCUT2D eigenvalue weighted by Gasteiger charge is 2.36. The smallest absolute Gasteiger partial charge is 0.385 e. The van der Waals surface area contributed by atoms with Crippen molar-refractivity contribution in [2.24, 2.45) is 0 Å². The topological polar surface area (TPSA) is 123 Å². The van der Waals surface area contributed by atoms with Crippen LogP contribution in [0.15, 0.2) is 36.0 Å². The maximum atomic E-state index is 14.9. The van der Waals surface area contributed by atoms with Crippen LogP contribution in [0.25, 0.3) is 11.3 Å². The van der Waals surface area contributed by atoms with E-state index < -0.39 is 44.9 Å². The molecule has 0 spiro atoms. The van der Waals surface area contributed by atoms with Crippen molar-refractivity contribution >= 4 is 32.4 Å². The highest BCUT2D eigenvalue weighted by molar-refractivity contribution is 7.93. The first-order valence-electron chi connectivity index (χ1n) is 10.9. The summed E-state index contributed by atoms with van der Waals surface area (Å²) in [6, 6.07) is 2.57. The minimum absolute atomic E-state index is 0.00988. The number of halogens is 4. The summed E-state index contributed by atoms with van der Waals surface area (Å²) in [5.74, 6) is -1.77. The summed E-state index contributed by atoms with van der Waals surface area (Å²) < 4.78 is 85.5. The molecule has 1 saturated carbocycles. The third-order valence-electron chi connectivity index (χ3n) is 5.42. The Balaban J connectivity index is 1.51. The number of carbonyl (C=O) groups is 1. The van der Waals surface area contributed by atoms with Crippen LogP contribution in [0, 0.1) is 5.82 Å². The van der Waals surface area contributed by atoms with E-state index in [0.29, 0.717) is 24.7 Å². The number of nitrogens with one attached hydrogen (secondary N) is 2. The summed E-state index contributed by atoms with van der Waals surface area (Å²) >= 11 is 1.05. The monoisotopic (exact) mass is 559 g/mol. The lowest BCUT2D eigenvalue weighted by molar-refractivity contribution is -0.141. The number of aromatic nitrogens is 3. The molecular weight excluding hydrogens is 538 g/mol. The molecule has 0 aliphatic heterocycles.